The lowest BCUT2D eigenvalue weighted by Gasteiger charge is -2.29. The summed E-state index contributed by atoms with van der Waals surface area (Å²) in [4.78, 5) is 37.8. The average Bonchev–Trinajstić information content (AvgIpc) is 2.61. The Morgan fingerprint density at radius 3 is 2.31 bits per heavy atom. The van der Waals surface area contributed by atoms with E-state index >= 15 is 0 Å². The van der Waals surface area contributed by atoms with Gasteiger partial charge in [-0.3, -0.25) is 14.4 Å². The molecule has 0 fully saturated rings. The van der Waals surface area contributed by atoms with E-state index in [-0.39, 0.29) is 5.91 Å². The standard InChI is InChI=1S/C20H21N3O3/c1-13-5-3-7-16(11-13)21-19(25)20(26)22-17-9-8-15-6-4-10-23(14(2)24)18(15)12-17/h3,5,7-9,11-12H,4,6,10H2,1-2H3,(H,21,25)(H,22,26). The number of benzene rings is 2. The number of nitrogens with zero attached hydrogens (tertiary/aromatic N) is 1. The normalized spacial score (nSPS) is 12.9. The quantitative estimate of drug-likeness (QED) is 0.817. The smallest absolute Gasteiger partial charge is 0.314 e. The van der Waals surface area contributed by atoms with Crippen molar-refractivity contribution in [2.75, 3.05) is 22.1 Å². The molecule has 6 heteroatoms. The highest BCUT2D eigenvalue weighted by Crippen LogP contribution is 2.30. The number of amides is 3. The van der Waals surface area contributed by atoms with Gasteiger partial charge in [-0.2, -0.15) is 0 Å². The summed E-state index contributed by atoms with van der Waals surface area (Å²) in [5.74, 6) is -1.53. The molecule has 2 aromatic rings. The van der Waals surface area contributed by atoms with Gasteiger partial charge in [-0.25, -0.2) is 0 Å². The molecular formula is C20H21N3O3. The fourth-order valence-electron chi connectivity index (χ4n) is 3.08. The van der Waals surface area contributed by atoms with Gasteiger partial charge in [0.05, 0.1) is 0 Å². The first-order valence-electron chi connectivity index (χ1n) is 8.54. The topological polar surface area (TPSA) is 78.5 Å². The van der Waals surface area contributed by atoms with Gasteiger partial charge in [0, 0.05) is 30.5 Å². The van der Waals surface area contributed by atoms with Crippen LogP contribution in [-0.4, -0.2) is 24.3 Å². The Morgan fingerprint density at radius 1 is 0.962 bits per heavy atom. The number of nitrogens with one attached hydrogen (secondary N) is 2. The largest absolute Gasteiger partial charge is 0.318 e. The van der Waals surface area contributed by atoms with Crippen LogP contribution in [0.15, 0.2) is 42.5 Å². The van der Waals surface area contributed by atoms with Crippen molar-refractivity contribution in [2.24, 2.45) is 0 Å². The zero-order chi connectivity index (χ0) is 18.7. The zero-order valence-corrected chi connectivity index (χ0v) is 14.8. The van der Waals surface area contributed by atoms with Crippen LogP contribution in [-0.2, 0) is 20.8 Å². The number of anilines is 3. The van der Waals surface area contributed by atoms with Gasteiger partial charge >= 0.3 is 11.8 Å². The van der Waals surface area contributed by atoms with Crippen LogP contribution in [0.1, 0.15) is 24.5 Å². The third kappa shape index (κ3) is 3.91. The molecule has 134 valence electrons. The fourth-order valence-corrected chi connectivity index (χ4v) is 3.08. The van der Waals surface area contributed by atoms with Gasteiger partial charge in [0.15, 0.2) is 0 Å². The van der Waals surface area contributed by atoms with Crippen LogP contribution in [0.4, 0.5) is 17.1 Å². The lowest BCUT2D eigenvalue weighted by Crippen LogP contribution is -2.34. The van der Waals surface area contributed by atoms with Gasteiger partial charge in [-0.1, -0.05) is 18.2 Å². The minimum atomic E-state index is -0.753. The Kier molecular flexibility index (Phi) is 5.02. The summed E-state index contributed by atoms with van der Waals surface area (Å²) < 4.78 is 0. The molecular weight excluding hydrogens is 330 g/mol. The van der Waals surface area contributed by atoms with Crippen LogP contribution in [0.25, 0.3) is 0 Å². The molecule has 1 aliphatic heterocycles. The van der Waals surface area contributed by atoms with Crippen LogP contribution < -0.4 is 15.5 Å². The highest BCUT2D eigenvalue weighted by molar-refractivity contribution is 6.43. The van der Waals surface area contributed by atoms with Gasteiger partial charge in [0.25, 0.3) is 0 Å². The minimum absolute atomic E-state index is 0.0355. The maximum absolute atomic E-state index is 12.2. The molecule has 0 atom stereocenters. The van der Waals surface area contributed by atoms with Gasteiger partial charge in [-0.05, 0) is 55.2 Å². The number of aryl methyl sites for hydroxylation is 2. The first kappa shape index (κ1) is 17.7. The van der Waals surface area contributed by atoms with E-state index in [0.717, 1.165) is 29.7 Å². The highest BCUT2D eigenvalue weighted by atomic mass is 16.2. The van der Waals surface area contributed by atoms with Crippen molar-refractivity contribution in [3.05, 3.63) is 53.6 Å². The number of rotatable bonds is 2. The van der Waals surface area contributed by atoms with E-state index in [9.17, 15) is 14.4 Å². The second kappa shape index (κ2) is 7.39. The first-order valence-corrected chi connectivity index (χ1v) is 8.54. The molecule has 26 heavy (non-hydrogen) atoms. The van der Waals surface area contributed by atoms with Gasteiger partial charge in [0.1, 0.15) is 0 Å². The molecule has 6 nitrogen and oxygen atoms in total. The van der Waals surface area contributed by atoms with Crippen molar-refractivity contribution in [1.82, 2.24) is 0 Å². The van der Waals surface area contributed by atoms with E-state index < -0.39 is 11.8 Å². The lowest BCUT2D eigenvalue weighted by molar-refractivity contribution is -0.132. The van der Waals surface area contributed by atoms with Crippen molar-refractivity contribution in [2.45, 2.75) is 26.7 Å². The molecule has 1 aliphatic rings. The van der Waals surface area contributed by atoms with Gasteiger partial charge < -0.3 is 15.5 Å². The molecule has 0 radical (unpaired) electrons. The molecule has 0 saturated carbocycles. The van der Waals surface area contributed by atoms with Crippen LogP contribution >= 0.6 is 0 Å². The maximum Gasteiger partial charge on any atom is 0.314 e. The Balaban J connectivity index is 1.72. The van der Waals surface area contributed by atoms with E-state index in [0.29, 0.717) is 17.9 Å². The van der Waals surface area contributed by atoms with Crippen LogP contribution in [0, 0.1) is 6.92 Å². The van der Waals surface area contributed by atoms with Crippen LogP contribution in [0.5, 0.6) is 0 Å². The highest BCUT2D eigenvalue weighted by Gasteiger charge is 2.21. The molecule has 0 aromatic heterocycles. The van der Waals surface area contributed by atoms with Gasteiger partial charge in [0.2, 0.25) is 5.91 Å². The van der Waals surface area contributed by atoms with Gasteiger partial charge in [-0.15, -0.1) is 0 Å². The molecule has 0 aliphatic carbocycles. The third-order valence-corrected chi connectivity index (χ3v) is 4.32. The summed E-state index contributed by atoms with van der Waals surface area (Å²) in [5, 5.41) is 5.17. The number of hydrogen-bond donors (Lipinski definition) is 2. The van der Waals surface area contributed by atoms with Crippen molar-refractivity contribution in [3.63, 3.8) is 0 Å². The lowest BCUT2D eigenvalue weighted by atomic mass is 10.0. The summed E-state index contributed by atoms with van der Waals surface area (Å²) >= 11 is 0. The Morgan fingerprint density at radius 2 is 1.65 bits per heavy atom. The summed E-state index contributed by atoms with van der Waals surface area (Å²) in [6.45, 7) is 4.09. The third-order valence-electron chi connectivity index (χ3n) is 4.32. The molecule has 0 saturated heterocycles. The van der Waals surface area contributed by atoms with E-state index in [4.69, 9.17) is 0 Å². The van der Waals surface area contributed by atoms with Crippen molar-refractivity contribution >= 4 is 34.8 Å². The monoisotopic (exact) mass is 351 g/mol. The summed E-state index contributed by atoms with van der Waals surface area (Å²) in [7, 11) is 0. The molecule has 3 rings (SSSR count). The molecule has 2 N–H and O–H groups in total. The SMILES string of the molecule is CC(=O)N1CCCc2ccc(NC(=O)C(=O)Nc3cccc(C)c3)cc21. The van der Waals surface area contributed by atoms with E-state index in [2.05, 4.69) is 10.6 Å². The fraction of sp³-hybridized carbons (Fsp3) is 0.250. The van der Waals surface area contributed by atoms with E-state index in [1.165, 1.54) is 6.92 Å². The second-order valence-corrected chi connectivity index (χ2v) is 6.40. The molecule has 3 amide bonds. The number of hydrogen-bond acceptors (Lipinski definition) is 3. The maximum atomic E-state index is 12.2. The molecule has 0 unspecified atom stereocenters. The number of carbonyl (C=O) groups excluding carboxylic acids is 3. The van der Waals surface area contributed by atoms with Crippen LogP contribution in [0.2, 0.25) is 0 Å². The van der Waals surface area contributed by atoms with Crippen molar-refractivity contribution < 1.29 is 14.4 Å². The van der Waals surface area contributed by atoms with E-state index in [1.54, 1.807) is 29.2 Å². The predicted octanol–water partition coefficient (Wildman–Crippen LogP) is 2.87. The van der Waals surface area contributed by atoms with Crippen molar-refractivity contribution in [1.29, 1.82) is 0 Å². The number of fused-ring (bicyclic) bond motifs is 1. The Labute approximate surface area is 152 Å². The average molecular weight is 351 g/mol. The minimum Gasteiger partial charge on any atom is -0.318 e. The summed E-state index contributed by atoms with van der Waals surface area (Å²) in [6, 6.07) is 12.6. The van der Waals surface area contributed by atoms with Crippen LogP contribution in [0.3, 0.4) is 0 Å². The first-order chi connectivity index (χ1) is 12.4. The molecule has 0 spiro atoms. The summed E-state index contributed by atoms with van der Waals surface area (Å²) in [5.41, 5.74) is 3.90. The second-order valence-electron chi connectivity index (χ2n) is 6.40. The molecule has 0 bridgehead atoms. The number of carbonyl (C=O) groups is 3. The Hall–Kier alpha value is -3.15. The molecule has 1 heterocycles. The molecule has 2 aromatic carbocycles. The zero-order valence-electron chi connectivity index (χ0n) is 14.8. The van der Waals surface area contributed by atoms with E-state index in [1.807, 2.05) is 25.1 Å². The Bertz CT molecular complexity index is 876. The predicted molar refractivity (Wildman–Crippen MR) is 101 cm³/mol. The summed E-state index contributed by atoms with van der Waals surface area (Å²) in [6.07, 6.45) is 1.80. The van der Waals surface area contributed by atoms with Crippen molar-refractivity contribution in [3.8, 4) is 0 Å².